The zero-order valence-electron chi connectivity index (χ0n) is 11.1. The summed E-state index contributed by atoms with van der Waals surface area (Å²) in [7, 11) is 0. The Kier molecular flexibility index (Phi) is 3.94. The summed E-state index contributed by atoms with van der Waals surface area (Å²) in [5.74, 6) is 2.35. The van der Waals surface area contributed by atoms with Crippen LogP contribution in [0, 0.1) is 0 Å². The molecule has 104 valence electrons. The summed E-state index contributed by atoms with van der Waals surface area (Å²) < 4.78 is 10.8. The molecule has 1 N–H and O–H groups in total. The molecule has 0 aliphatic rings. The Labute approximate surface area is 120 Å². The Hall–Kier alpha value is -1.92. The highest BCUT2D eigenvalue weighted by Crippen LogP contribution is 2.25. The number of fused-ring (bicyclic) bond motifs is 1. The van der Waals surface area contributed by atoms with Gasteiger partial charge in [0.2, 0.25) is 0 Å². The van der Waals surface area contributed by atoms with Crippen LogP contribution < -0.4 is 5.32 Å². The van der Waals surface area contributed by atoms with Gasteiger partial charge in [0, 0.05) is 6.54 Å². The minimum absolute atomic E-state index is 0.368. The van der Waals surface area contributed by atoms with E-state index in [0.29, 0.717) is 19.0 Å². The largest absolute Gasteiger partial charge is 0.467 e. The lowest BCUT2D eigenvalue weighted by molar-refractivity contribution is 0.0884. The second-order valence-electron chi connectivity index (χ2n) is 4.23. The third-order valence-corrected chi connectivity index (χ3v) is 3.58. The van der Waals surface area contributed by atoms with Gasteiger partial charge in [-0.25, -0.2) is 9.97 Å². The summed E-state index contributed by atoms with van der Waals surface area (Å²) in [6.45, 7) is 3.67. The number of hydrogen-bond donors (Lipinski definition) is 1. The number of nitrogens with zero attached hydrogens (tertiary/aromatic N) is 2. The van der Waals surface area contributed by atoms with Gasteiger partial charge in [0.15, 0.2) is 5.82 Å². The van der Waals surface area contributed by atoms with Crippen LogP contribution in [0.2, 0.25) is 0 Å². The van der Waals surface area contributed by atoms with E-state index in [1.54, 1.807) is 17.6 Å². The molecule has 0 saturated carbocycles. The molecule has 0 aliphatic carbocycles. The van der Waals surface area contributed by atoms with Crippen LogP contribution in [0.5, 0.6) is 0 Å². The van der Waals surface area contributed by atoms with Crippen LogP contribution in [0.4, 0.5) is 5.82 Å². The predicted molar refractivity (Wildman–Crippen MR) is 78.8 cm³/mol. The maximum atomic E-state index is 5.58. The van der Waals surface area contributed by atoms with E-state index in [0.717, 1.165) is 28.3 Å². The molecule has 20 heavy (non-hydrogen) atoms. The van der Waals surface area contributed by atoms with Crippen LogP contribution in [0.25, 0.3) is 10.2 Å². The van der Waals surface area contributed by atoms with E-state index >= 15 is 0 Å². The van der Waals surface area contributed by atoms with E-state index in [1.165, 1.54) is 0 Å². The first-order chi connectivity index (χ1) is 9.86. The Bertz CT molecular complexity index is 679. The summed E-state index contributed by atoms with van der Waals surface area (Å²) in [4.78, 5) is 10.00. The molecule has 6 heteroatoms. The van der Waals surface area contributed by atoms with Crippen molar-refractivity contribution in [2.75, 3.05) is 11.9 Å². The first-order valence-electron chi connectivity index (χ1n) is 6.45. The summed E-state index contributed by atoms with van der Waals surface area (Å²) >= 11 is 1.61. The van der Waals surface area contributed by atoms with Gasteiger partial charge in [-0.05, 0) is 30.5 Å². The van der Waals surface area contributed by atoms with E-state index in [2.05, 4.69) is 15.3 Å². The molecule has 0 bridgehead atoms. The summed E-state index contributed by atoms with van der Waals surface area (Å²) in [5.41, 5.74) is 0. The lowest BCUT2D eigenvalue weighted by atomic mass is 10.3. The molecular formula is C14H15N3O2S. The van der Waals surface area contributed by atoms with E-state index in [4.69, 9.17) is 9.15 Å². The topological polar surface area (TPSA) is 60.2 Å². The number of aromatic nitrogens is 2. The average Bonchev–Trinajstić information content (AvgIpc) is 3.09. The standard InChI is InChI=1S/C14H15N3O2S/c1-2-15-13-11-5-7-20-14(11)17-12(16-13)9-18-8-10-4-3-6-19-10/h3-7H,2,8-9H2,1H3,(H,15,16,17). The molecule has 5 nitrogen and oxygen atoms in total. The van der Waals surface area contributed by atoms with Crippen LogP contribution in [0.3, 0.4) is 0 Å². The lowest BCUT2D eigenvalue weighted by Gasteiger charge is -2.07. The fraction of sp³-hybridized carbons (Fsp3) is 0.286. The van der Waals surface area contributed by atoms with Crippen LogP contribution in [0.15, 0.2) is 34.3 Å². The Morgan fingerprint density at radius 3 is 3.05 bits per heavy atom. The number of hydrogen-bond acceptors (Lipinski definition) is 6. The van der Waals surface area contributed by atoms with Gasteiger partial charge in [-0.3, -0.25) is 0 Å². The Morgan fingerprint density at radius 1 is 1.30 bits per heavy atom. The van der Waals surface area contributed by atoms with Crippen molar-refractivity contribution in [1.29, 1.82) is 0 Å². The minimum Gasteiger partial charge on any atom is -0.467 e. The number of nitrogens with one attached hydrogen (secondary N) is 1. The van der Waals surface area contributed by atoms with Gasteiger partial charge in [-0.2, -0.15) is 0 Å². The zero-order chi connectivity index (χ0) is 13.8. The molecule has 3 rings (SSSR count). The van der Waals surface area contributed by atoms with Gasteiger partial charge >= 0.3 is 0 Å². The molecule has 3 aromatic rings. The SMILES string of the molecule is CCNc1nc(COCc2ccco2)nc2sccc12. The molecule has 0 atom stereocenters. The van der Waals surface area contributed by atoms with E-state index in [-0.39, 0.29) is 0 Å². The molecule has 0 amide bonds. The summed E-state index contributed by atoms with van der Waals surface area (Å²) in [5, 5.41) is 6.35. The molecule has 0 radical (unpaired) electrons. The van der Waals surface area contributed by atoms with Crippen molar-refractivity contribution in [1.82, 2.24) is 9.97 Å². The second kappa shape index (κ2) is 6.02. The van der Waals surface area contributed by atoms with Gasteiger partial charge in [0.25, 0.3) is 0 Å². The monoisotopic (exact) mass is 289 g/mol. The van der Waals surface area contributed by atoms with E-state index in [9.17, 15) is 0 Å². The highest BCUT2D eigenvalue weighted by molar-refractivity contribution is 7.16. The molecule has 0 unspecified atom stereocenters. The third-order valence-electron chi connectivity index (χ3n) is 2.77. The second-order valence-corrected chi connectivity index (χ2v) is 5.12. The normalized spacial score (nSPS) is 11.1. The zero-order valence-corrected chi connectivity index (χ0v) is 11.9. The number of rotatable bonds is 6. The first kappa shape index (κ1) is 13.1. The maximum Gasteiger partial charge on any atom is 0.158 e. The number of ether oxygens (including phenoxy) is 1. The molecule has 0 spiro atoms. The van der Waals surface area contributed by atoms with Crippen LogP contribution in [0.1, 0.15) is 18.5 Å². The molecule has 0 saturated heterocycles. The van der Waals surface area contributed by atoms with E-state index in [1.807, 2.05) is 30.5 Å². The number of furan rings is 1. The average molecular weight is 289 g/mol. The fourth-order valence-electron chi connectivity index (χ4n) is 1.90. The maximum absolute atomic E-state index is 5.58. The van der Waals surface area contributed by atoms with Gasteiger partial charge in [0.1, 0.15) is 29.6 Å². The molecule has 0 fully saturated rings. The van der Waals surface area contributed by atoms with Crippen molar-refractivity contribution in [3.63, 3.8) is 0 Å². The van der Waals surface area contributed by atoms with Gasteiger partial charge in [-0.15, -0.1) is 11.3 Å². The summed E-state index contributed by atoms with van der Waals surface area (Å²) in [6, 6.07) is 5.76. The predicted octanol–water partition coefficient (Wildman–Crippen LogP) is 3.43. The van der Waals surface area contributed by atoms with Crippen molar-refractivity contribution in [2.24, 2.45) is 0 Å². The summed E-state index contributed by atoms with van der Waals surface area (Å²) in [6.07, 6.45) is 1.64. The van der Waals surface area contributed by atoms with Crippen molar-refractivity contribution in [3.8, 4) is 0 Å². The van der Waals surface area contributed by atoms with Crippen LogP contribution in [-0.2, 0) is 18.0 Å². The Morgan fingerprint density at radius 2 is 2.25 bits per heavy atom. The van der Waals surface area contributed by atoms with Crippen molar-refractivity contribution < 1.29 is 9.15 Å². The van der Waals surface area contributed by atoms with Gasteiger partial charge in [0.05, 0.1) is 11.6 Å². The molecule has 3 aromatic heterocycles. The Balaban J connectivity index is 1.73. The molecule has 0 aliphatic heterocycles. The minimum atomic E-state index is 0.368. The quantitative estimate of drug-likeness (QED) is 0.753. The molecule has 0 aromatic carbocycles. The van der Waals surface area contributed by atoms with Crippen molar-refractivity contribution >= 4 is 27.4 Å². The lowest BCUT2D eigenvalue weighted by Crippen LogP contribution is -2.05. The third kappa shape index (κ3) is 2.81. The van der Waals surface area contributed by atoms with Crippen molar-refractivity contribution in [3.05, 3.63) is 41.4 Å². The fourth-order valence-corrected chi connectivity index (χ4v) is 2.69. The highest BCUT2D eigenvalue weighted by Gasteiger charge is 2.08. The first-order valence-corrected chi connectivity index (χ1v) is 7.33. The molecule has 3 heterocycles. The smallest absolute Gasteiger partial charge is 0.158 e. The van der Waals surface area contributed by atoms with E-state index < -0.39 is 0 Å². The molecular weight excluding hydrogens is 274 g/mol. The van der Waals surface area contributed by atoms with Crippen LogP contribution >= 0.6 is 11.3 Å². The number of thiophene rings is 1. The number of anilines is 1. The van der Waals surface area contributed by atoms with Crippen molar-refractivity contribution in [2.45, 2.75) is 20.1 Å². The van der Waals surface area contributed by atoms with Gasteiger partial charge < -0.3 is 14.5 Å². The highest BCUT2D eigenvalue weighted by atomic mass is 32.1. The van der Waals surface area contributed by atoms with Gasteiger partial charge in [-0.1, -0.05) is 0 Å². The van der Waals surface area contributed by atoms with Crippen LogP contribution in [-0.4, -0.2) is 16.5 Å².